The zero-order chi connectivity index (χ0) is 15.0. The molecule has 0 spiro atoms. The summed E-state index contributed by atoms with van der Waals surface area (Å²) >= 11 is 0. The Balaban J connectivity index is 1.79. The van der Waals surface area contributed by atoms with Crippen molar-refractivity contribution in [3.8, 4) is 0 Å². The molecule has 2 unspecified atom stereocenters. The van der Waals surface area contributed by atoms with Crippen LogP contribution in [0.4, 0.5) is 0 Å². The van der Waals surface area contributed by atoms with Crippen molar-refractivity contribution >= 4 is 16.8 Å². The topological polar surface area (TPSA) is 54.1 Å². The molecule has 2 aromatic rings. The van der Waals surface area contributed by atoms with Crippen molar-refractivity contribution in [2.75, 3.05) is 6.61 Å². The zero-order valence-corrected chi connectivity index (χ0v) is 12.8. The number of aryl methyl sites for hydroxylation is 2. The van der Waals surface area contributed by atoms with Gasteiger partial charge in [-0.05, 0) is 57.4 Å². The number of carbonyl (C=O) groups excluding carboxylic acids is 1. The quantitative estimate of drug-likeness (QED) is 0.891. The van der Waals surface area contributed by atoms with Crippen molar-refractivity contribution in [1.29, 1.82) is 0 Å². The predicted molar refractivity (Wildman–Crippen MR) is 83.7 cm³/mol. The highest BCUT2D eigenvalue weighted by molar-refractivity contribution is 5.99. The van der Waals surface area contributed by atoms with Gasteiger partial charge in [0.25, 0.3) is 5.91 Å². The van der Waals surface area contributed by atoms with Crippen LogP contribution in [0.3, 0.4) is 0 Å². The number of nitrogens with one attached hydrogen (secondary N) is 2. The van der Waals surface area contributed by atoms with Gasteiger partial charge in [-0.3, -0.25) is 4.79 Å². The van der Waals surface area contributed by atoms with Crippen LogP contribution in [0.15, 0.2) is 18.2 Å². The lowest BCUT2D eigenvalue weighted by Crippen LogP contribution is -2.41. The second kappa shape index (κ2) is 5.53. The number of aromatic amines is 1. The number of aromatic nitrogens is 1. The zero-order valence-electron chi connectivity index (χ0n) is 12.8. The van der Waals surface area contributed by atoms with Crippen molar-refractivity contribution in [3.05, 3.63) is 35.0 Å². The van der Waals surface area contributed by atoms with Gasteiger partial charge in [-0.25, -0.2) is 0 Å². The van der Waals surface area contributed by atoms with Gasteiger partial charge in [-0.15, -0.1) is 0 Å². The molecule has 0 saturated carbocycles. The van der Waals surface area contributed by atoms with Crippen LogP contribution in [-0.2, 0) is 4.74 Å². The molecule has 1 fully saturated rings. The third-order valence-electron chi connectivity index (χ3n) is 4.39. The first kappa shape index (κ1) is 14.1. The lowest BCUT2D eigenvalue weighted by molar-refractivity contribution is 0.0136. The van der Waals surface area contributed by atoms with Crippen LogP contribution in [-0.4, -0.2) is 29.6 Å². The van der Waals surface area contributed by atoms with E-state index < -0.39 is 0 Å². The van der Waals surface area contributed by atoms with Crippen molar-refractivity contribution in [2.45, 2.75) is 45.8 Å². The fourth-order valence-electron chi connectivity index (χ4n) is 3.00. The Bertz CT molecular complexity index is 675. The SMILES string of the molecule is Cc1[nH]c2ccc(C(=O)NC3CCOC(C)C3)cc2c1C. The van der Waals surface area contributed by atoms with Crippen molar-refractivity contribution < 1.29 is 9.53 Å². The van der Waals surface area contributed by atoms with E-state index in [2.05, 4.69) is 31.1 Å². The molecule has 112 valence electrons. The van der Waals surface area contributed by atoms with Gasteiger partial charge < -0.3 is 15.0 Å². The van der Waals surface area contributed by atoms with Crippen molar-refractivity contribution in [1.82, 2.24) is 10.3 Å². The summed E-state index contributed by atoms with van der Waals surface area (Å²) in [6, 6.07) is 6.06. The summed E-state index contributed by atoms with van der Waals surface area (Å²) in [5, 5.41) is 4.25. The minimum Gasteiger partial charge on any atom is -0.378 e. The highest BCUT2D eigenvalue weighted by atomic mass is 16.5. The maximum atomic E-state index is 12.4. The molecule has 2 heterocycles. The summed E-state index contributed by atoms with van der Waals surface area (Å²) in [4.78, 5) is 15.8. The fourth-order valence-corrected chi connectivity index (χ4v) is 3.00. The smallest absolute Gasteiger partial charge is 0.251 e. The van der Waals surface area contributed by atoms with Crippen LogP contribution in [0.1, 0.15) is 41.4 Å². The Labute approximate surface area is 124 Å². The van der Waals surface area contributed by atoms with E-state index in [9.17, 15) is 4.79 Å². The Hall–Kier alpha value is -1.81. The molecule has 21 heavy (non-hydrogen) atoms. The number of H-pyrrole nitrogens is 1. The molecule has 3 rings (SSSR count). The van der Waals surface area contributed by atoms with E-state index in [1.807, 2.05) is 18.2 Å². The Morgan fingerprint density at radius 3 is 2.95 bits per heavy atom. The number of carbonyl (C=O) groups is 1. The van der Waals surface area contributed by atoms with E-state index in [-0.39, 0.29) is 18.1 Å². The summed E-state index contributed by atoms with van der Waals surface area (Å²) in [6.07, 6.45) is 2.00. The number of hydrogen-bond donors (Lipinski definition) is 2. The summed E-state index contributed by atoms with van der Waals surface area (Å²) < 4.78 is 5.52. The van der Waals surface area contributed by atoms with Gasteiger partial charge in [0.1, 0.15) is 0 Å². The summed E-state index contributed by atoms with van der Waals surface area (Å²) in [5.41, 5.74) is 4.17. The van der Waals surface area contributed by atoms with Gasteiger partial charge in [0.15, 0.2) is 0 Å². The average Bonchev–Trinajstić information content (AvgIpc) is 2.74. The maximum Gasteiger partial charge on any atom is 0.251 e. The molecular formula is C17H22N2O2. The van der Waals surface area contributed by atoms with Gasteiger partial charge in [0.05, 0.1) is 6.10 Å². The summed E-state index contributed by atoms with van der Waals surface area (Å²) in [7, 11) is 0. The molecule has 1 aromatic heterocycles. The lowest BCUT2D eigenvalue weighted by Gasteiger charge is -2.27. The molecule has 1 saturated heterocycles. The third kappa shape index (κ3) is 2.81. The Morgan fingerprint density at radius 2 is 2.19 bits per heavy atom. The van der Waals surface area contributed by atoms with Crippen LogP contribution in [0.25, 0.3) is 10.9 Å². The van der Waals surface area contributed by atoms with Gasteiger partial charge in [0, 0.05) is 34.8 Å². The molecule has 0 radical (unpaired) electrons. The number of rotatable bonds is 2. The molecule has 1 aromatic carbocycles. The van der Waals surface area contributed by atoms with Crippen LogP contribution in [0.5, 0.6) is 0 Å². The van der Waals surface area contributed by atoms with Crippen molar-refractivity contribution in [3.63, 3.8) is 0 Å². The highest BCUT2D eigenvalue weighted by Crippen LogP contribution is 2.22. The first-order valence-electron chi connectivity index (χ1n) is 7.56. The fraction of sp³-hybridized carbons (Fsp3) is 0.471. The molecule has 2 N–H and O–H groups in total. The minimum absolute atomic E-state index is 0.00857. The molecular weight excluding hydrogens is 264 g/mol. The number of hydrogen-bond acceptors (Lipinski definition) is 2. The minimum atomic E-state index is 0.00857. The molecule has 0 bridgehead atoms. The Kier molecular flexibility index (Phi) is 3.72. The van der Waals surface area contributed by atoms with Gasteiger partial charge >= 0.3 is 0 Å². The summed E-state index contributed by atoms with van der Waals surface area (Å²) in [6.45, 7) is 6.91. The first-order valence-corrected chi connectivity index (χ1v) is 7.56. The molecule has 4 heteroatoms. The number of ether oxygens (including phenoxy) is 1. The first-order chi connectivity index (χ1) is 10.0. The second-order valence-electron chi connectivity index (χ2n) is 6.01. The standard InChI is InChI=1S/C17H22N2O2/c1-10-8-14(6-7-21-10)19-17(20)13-4-5-16-15(9-13)11(2)12(3)18-16/h4-5,9-10,14,18H,6-8H2,1-3H3,(H,19,20). The molecule has 1 amide bonds. The van der Waals surface area contributed by atoms with E-state index in [1.54, 1.807) is 0 Å². The number of benzene rings is 1. The summed E-state index contributed by atoms with van der Waals surface area (Å²) in [5.74, 6) is 0.00857. The van der Waals surface area contributed by atoms with Crippen LogP contribution >= 0.6 is 0 Å². The van der Waals surface area contributed by atoms with Crippen LogP contribution < -0.4 is 5.32 Å². The van der Waals surface area contributed by atoms with Crippen molar-refractivity contribution in [2.24, 2.45) is 0 Å². The highest BCUT2D eigenvalue weighted by Gasteiger charge is 2.21. The molecule has 4 nitrogen and oxygen atoms in total. The van der Waals surface area contributed by atoms with E-state index in [4.69, 9.17) is 4.74 Å². The van der Waals surface area contributed by atoms with Crippen LogP contribution in [0, 0.1) is 13.8 Å². The average molecular weight is 286 g/mol. The van der Waals surface area contributed by atoms with Gasteiger partial charge in [-0.1, -0.05) is 0 Å². The van der Waals surface area contributed by atoms with E-state index >= 15 is 0 Å². The van der Waals surface area contributed by atoms with Crippen LogP contribution in [0.2, 0.25) is 0 Å². The number of fused-ring (bicyclic) bond motifs is 1. The molecule has 1 aliphatic rings. The monoisotopic (exact) mass is 286 g/mol. The third-order valence-corrected chi connectivity index (χ3v) is 4.39. The maximum absolute atomic E-state index is 12.4. The van der Waals surface area contributed by atoms with Gasteiger partial charge in [0.2, 0.25) is 0 Å². The van der Waals surface area contributed by atoms with Gasteiger partial charge in [-0.2, -0.15) is 0 Å². The van der Waals surface area contributed by atoms with E-state index in [0.29, 0.717) is 0 Å². The molecule has 2 atom stereocenters. The van der Waals surface area contributed by atoms with E-state index in [0.717, 1.165) is 41.6 Å². The predicted octanol–water partition coefficient (Wildman–Crippen LogP) is 3.08. The Morgan fingerprint density at radius 1 is 1.38 bits per heavy atom. The van der Waals surface area contributed by atoms with E-state index in [1.165, 1.54) is 5.56 Å². The normalized spacial score (nSPS) is 22.4. The molecule has 1 aliphatic heterocycles. The second-order valence-corrected chi connectivity index (χ2v) is 6.01. The largest absolute Gasteiger partial charge is 0.378 e. The lowest BCUT2D eigenvalue weighted by atomic mass is 10.0. The molecule has 0 aliphatic carbocycles. The number of amides is 1.